The van der Waals surface area contributed by atoms with Crippen LogP contribution in [-0.4, -0.2) is 16.3 Å². The van der Waals surface area contributed by atoms with Crippen LogP contribution in [0.2, 0.25) is 0 Å². The van der Waals surface area contributed by atoms with Crippen LogP contribution in [0.25, 0.3) is 0 Å². The molecule has 1 heterocycles. The second kappa shape index (κ2) is 7.68. The van der Waals surface area contributed by atoms with Gasteiger partial charge in [-0.25, -0.2) is 0 Å². The lowest BCUT2D eigenvalue weighted by Gasteiger charge is -2.09. The SMILES string of the molecule is CCc1cc(CNCCCC2CCCC2)n(CC)n1. The van der Waals surface area contributed by atoms with E-state index in [1.165, 1.54) is 49.9 Å². The highest BCUT2D eigenvalue weighted by Crippen LogP contribution is 2.28. The van der Waals surface area contributed by atoms with Crippen LogP contribution >= 0.6 is 0 Å². The van der Waals surface area contributed by atoms with Gasteiger partial charge in [-0.05, 0) is 44.7 Å². The summed E-state index contributed by atoms with van der Waals surface area (Å²) in [5, 5.41) is 8.16. The largest absolute Gasteiger partial charge is 0.311 e. The lowest BCUT2D eigenvalue weighted by Crippen LogP contribution is -2.18. The Balaban J connectivity index is 1.65. The van der Waals surface area contributed by atoms with Crippen molar-refractivity contribution >= 4 is 0 Å². The number of aromatic nitrogens is 2. The Hall–Kier alpha value is -0.830. The number of nitrogens with one attached hydrogen (secondary N) is 1. The summed E-state index contributed by atoms with van der Waals surface area (Å²) in [6.45, 7) is 7.41. The van der Waals surface area contributed by atoms with Gasteiger partial charge < -0.3 is 5.32 Å². The maximum Gasteiger partial charge on any atom is 0.0625 e. The van der Waals surface area contributed by atoms with Crippen molar-refractivity contribution < 1.29 is 0 Å². The molecule has 0 bridgehead atoms. The lowest BCUT2D eigenvalue weighted by atomic mass is 10.0. The van der Waals surface area contributed by atoms with Crippen molar-refractivity contribution in [3.05, 3.63) is 17.5 Å². The maximum absolute atomic E-state index is 4.59. The molecule has 1 aliphatic rings. The Morgan fingerprint density at radius 1 is 1.32 bits per heavy atom. The molecule has 0 amide bonds. The minimum Gasteiger partial charge on any atom is -0.311 e. The van der Waals surface area contributed by atoms with Crippen LogP contribution < -0.4 is 5.32 Å². The van der Waals surface area contributed by atoms with Gasteiger partial charge in [0.2, 0.25) is 0 Å². The molecule has 1 N–H and O–H groups in total. The smallest absolute Gasteiger partial charge is 0.0625 e. The summed E-state index contributed by atoms with van der Waals surface area (Å²) in [5.74, 6) is 1.02. The molecule has 1 aromatic rings. The Kier molecular flexibility index (Phi) is 5.90. The number of rotatable bonds is 8. The van der Waals surface area contributed by atoms with E-state index < -0.39 is 0 Å². The first-order chi connectivity index (χ1) is 9.33. The monoisotopic (exact) mass is 263 g/mol. The molecule has 0 aliphatic heterocycles. The summed E-state index contributed by atoms with van der Waals surface area (Å²) in [7, 11) is 0. The number of hydrogen-bond donors (Lipinski definition) is 1. The van der Waals surface area contributed by atoms with E-state index in [9.17, 15) is 0 Å². The molecule has 1 saturated carbocycles. The molecular weight excluding hydrogens is 234 g/mol. The Morgan fingerprint density at radius 3 is 2.79 bits per heavy atom. The van der Waals surface area contributed by atoms with E-state index >= 15 is 0 Å². The quantitative estimate of drug-likeness (QED) is 0.727. The van der Waals surface area contributed by atoms with Gasteiger partial charge >= 0.3 is 0 Å². The summed E-state index contributed by atoms with van der Waals surface area (Å²) in [6, 6.07) is 2.24. The van der Waals surface area contributed by atoms with Crippen molar-refractivity contribution in [3.63, 3.8) is 0 Å². The van der Waals surface area contributed by atoms with Gasteiger partial charge in [-0.15, -0.1) is 0 Å². The standard InChI is InChI=1S/C16H29N3/c1-3-15-12-16(19(4-2)18-15)13-17-11-7-10-14-8-5-6-9-14/h12,14,17H,3-11,13H2,1-2H3. The highest BCUT2D eigenvalue weighted by Gasteiger charge is 2.13. The maximum atomic E-state index is 4.59. The Morgan fingerprint density at radius 2 is 2.11 bits per heavy atom. The van der Waals surface area contributed by atoms with Crippen LogP contribution in [0.4, 0.5) is 0 Å². The summed E-state index contributed by atoms with van der Waals surface area (Å²) in [4.78, 5) is 0. The van der Waals surface area contributed by atoms with E-state index in [-0.39, 0.29) is 0 Å². The molecule has 0 atom stereocenters. The van der Waals surface area contributed by atoms with Crippen molar-refractivity contribution in [1.29, 1.82) is 0 Å². The zero-order valence-electron chi connectivity index (χ0n) is 12.6. The zero-order valence-corrected chi connectivity index (χ0v) is 12.6. The minimum atomic E-state index is 0.964. The van der Waals surface area contributed by atoms with E-state index in [2.05, 4.69) is 35.0 Å². The molecule has 1 aromatic heterocycles. The van der Waals surface area contributed by atoms with E-state index in [1.54, 1.807) is 0 Å². The van der Waals surface area contributed by atoms with Gasteiger partial charge in [-0.3, -0.25) is 4.68 Å². The molecular formula is C16H29N3. The van der Waals surface area contributed by atoms with Crippen molar-refractivity contribution in [2.45, 2.75) is 71.9 Å². The van der Waals surface area contributed by atoms with Crippen LogP contribution in [0.1, 0.15) is 63.8 Å². The molecule has 1 aliphatic carbocycles. The second-order valence-corrected chi connectivity index (χ2v) is 5.77. The summed E-state index contributed by atoms with van der Waals surface area (Å²) in [6.07, 6.45) is 9.65. The average Bonchev–Trinajstić information content (AvgIpc) is 3.07. The minimum absolute atomic E-state index is 0.964. The predicted octanol–water partition coefficient (Wildman–Crippen LogP) is 3.53. The topological polar surface area (TPSA) is 29.9 Å². The van der Waals surface area contributed by atoms with Gasteiger partial charge in [0.25, 0.3) is 0 Å². The number of aryl methyl sites for hydroxylation is 2. The van der Waals surface area contributed by atoms with Crippen LogP contribution in [0.15, 0.2) is 6.07 Å². The second-order valence-electron chi connectivity index (χ2n) is 5.77. The predicted molar refractivity (Wildman–Crippen MR) is 80.2 cm³/mol. The van der Waals surface area contributed by atoms with Crippen molar-refractivity contribution in [1.82, 2.24) is 15.1 Å². The van der Waals surface area contributed by atoms with Crippen molar-refractivity contribution in [2.75, 3.05) is 6.54 Å². The third-order valence-electron chi connectivity index (χ3n) is 4.32. The van der Waals surface area contributed by atoms with E-state index in [1.807, 2.05) is 0 Å². The van der Waals surface area contributed by atoms with Gasteiger partial charge in [0.15, 0.2) is 0 Å². The third kappa shape index (κ3) is 4.34. The Bertz CT molecular complexity index is 364. The summed E-state index contributed by atoms with van der Waals surface area (Å²) in [5.41, 5.74) is 2.55. The first-order valence-electron chi connectivity index (χ1n) is 8.09. The zero-order chi connectivity index (χ0) is 13.5. The van der Waals surface area contributed by atoms with Gasteiger partial charge in [-0.2, -0.15) is 5.10 Å². The first kappa shape index (κ1) is 14.6. The van der Waals surface area contributed by atoms with Gasteiger partial charge in [0.05, 0.1) is 11.4 Å². The van der Waals surface area contributed by atoms with E-state index in [0.717, 1.165) is 32.0 Å². The van der Waals surface area contributed by atoms with Crippen LogP contribution in [0, 0.1) is 5.92 Å². The average molecular weight is 263 g/mol. The molecule has 19 heavy (non-hydrogen) atoms. The normalized spacial score (nSPS) is 16.3. The Labute approximate surface area is 117 Å². The fourth-order valence-corrected chi connectivity index (χ4v) is 3.14. The van der Waals surface area contributed by atoms with Gasteiger partial charge in [-0.1, -0.05) is 32.6 Å². The van der Waals surface area contributed by atoms with Crippen LogP contribution in [0.5, 0.6) is 0 Å². The third-order valence-corrected chi connectivity index (χ3v) is 4.32. The van der Waals surface area contributed by atoms with Crippen LogP contribution in [0.3, 0.4) is 0 Å². The van der Waals surface area contributed by atoms with Gasteiger partial charge in [0, 0.05) is 13.1 Å². The number of hydrogen-bond acceptors (Lipinski definition) is 2. The highest BCUT2D eigenvalue weighted by molar-refractivity contribution is 5.10. The van der Waals surface area contributed by atoms with Crippen molar-refractivity contribution in [2.24, 2.45) is 5.92 Å². The number of nitrogens with zero attached hydrogens (tertiary/aromatic N) is 2. The summed E-state index contributed by atoms with van der Waals surface area (Å²) < 4.78 is 2.13. The molecule has 3 heteroatoms. The molecule has 0 radical (unpaired) electrons. The fraction of sp³-hybridized carbons (Fsp3) is 0.812. The molecule has 0 saturated heterocycles. The molecule has 0 unspecified atom stereocenters. The molecule has 3 nitrogen and oxygen atoms in total. The molecule has 0 spiro atoms. The molecule has 1 fully saturated rings. The fourth-order valence-electron chi connectivity index (χ4n) is 3.14. The molecule has 2 rings (SSSR count). The molecule has 108 valence electrons. The summed E-state index contributed by atoms with van der Waals surface area (Å²) >= 11 is 0. The molecule has 0 aromatic carbocycles. The van der Waals surface area contributed by atoms with Crippen LogP contribution in [-0.2, 0) is 19.5 Å². The van der Waals surface area contributed by atoms with Gasteiger partial charge in [0.1, 0.15) is 0 Å². The van der Waals surface area contributed by atoms with E-state index in [4.69, 9.17) is 0 Å². The lowest BCUT2D eigenvalue weighted by molar-refractivity contribution is 0.467. The highest BCUT2D eigenvalue weighted by atomic mass is 15.3. The van der Waals surface area contributed by atoms with Crippen molar-refractivity contribution in [3.8, 4) is 0 Å². The first-order valence-corrected chi connectivity index (χ1v) is 8.09. The van der Waals surface area contributed by atoms with E-state index in [0.29, 0.717) is 0 Å².